The van der Waals surface area contributed by atoms with Crippen LogP contribution in [0.3, 0.4) is 0 Å². The second-order valence-electron chi connectivity index (χ2n) is 9.34. The molecule has 1 aliphatic heterocycles. The molecule has 1 aromatic rings. The van der Waals surface area contributed by atoms with E-state index in [4.69, 9.17) is 4.74 Å². The molecule has 1 N–H and O–H groups in total. The van der Waals surface area contributed by atoms with E-state index in [1.54, 1.807) is 0 Å². The zero-order valence-electron chi connectivity index (χ0n) is 17.8. The van der Waals surface area contributed by atoms with E-state index < -0.39 is 10.0 Å². The van der Waals surface area contributed by atoms with Gasteiger partial charge in [0.1, 0.15) is 0 Å². The van der Waals surface area contributed by atoms with Gasteiger partial charge in [-0.2, -0.15) is 0 Å². The van der Waals surface area contributed by atoms with Gasteiger partial charge in [0, 0.05) is 25.6 Å². The molecule has 0 spiro atoms. The highest BCUT2D eigenvalue weighted by molar-refractivity contribution is 7.88. The molecule has 3 aliphatic rings. The summed E-state index contributed by atoms with van der Waals surface area (Å²) in [6, 6.07) is 10.5. The molecule has 4 rings (SSSR count). The maximum Gasteiger partial charge on any atom is 0.225 e. The summed E-state index contributed by atoms with van der Waals surface area (Å²) in [6.07, 6.45) is 8.08. The fraction of sp³-hybridized carbons (Fsp3) is 0.696. The van der Waals surface area contributed by atoms with Crippen LogP contribution in [0.4, 0.5) is 0 Å². The Labute approximate surface area is 180 Å². The maximum absolute atomic E-state index is 12.5. The van der Waals surface area contributed by atoms with Crippen molar-refractivity contribution in [1.82, 2.24) is 9.62 Å². The quantitative estimate of drug-likeness (QED) is 0.716. The molecule has 1 saturated heterocycles. The summed E-state index contributed by atoms with van der Waals surface area (Å²) in [4.78, 5) is 14.4. The molecule has 6 nitrogen and oxygen atoms in total. The number of carbonyl (C=O) groups excluding carboxylic acids is 1. The highest BCUT2D eigenvalue weighted by atomic mass is 32.2. The highest BCUT2D eigenvalue weighted by Gasteiger charge is 2.39. The Morgan fingerprint density at radius 3 is 2.40 bits per heavy atom. The smallest absolute Gasteiger partial charge is 0.225 e. The number of benzene rings is 1. The topological polar surface area (TPSA) is 75.7 Å². The fourth-order valence-electron chi connectivity index (χ4n) is 4.93. The van der Waals surface area contributed by atoms with Crippen molar-refractivity contribution in [1.29, 1.82) is 0 Å². The Morgan fingerprint density at radius 2 is 1.77 bits per heavy atom. The number of ether oxygens (including phenoxy) is 1. The number of carbonyl (C=O) groups is 1. The van der Waals surface area contributed by atoms with Gasteiger partial charge < -0.3 is 9.64 Å². The molecular weight excluding hydrogens is 400 g/mol. The van der Waals surface area contributed by atoms with E-state index in [0.717, 1.165) is 25.7 Å². The number of piperidine rings is 1. The molecule has 0 radical (unpaired) electrons. The minimum Gasteiger partial charge on any atom is -0.374 e. The van der Waals surface area contributed by atoms with Crippen LogP contribution in [0.5, 0.6) is 0 Å². The zero-order valence-corrected chi connectivity index (χ0v) is 18.6. The molecule has 0 aromatic heterocycles. The Kier molecular flexibility index (Phi) is 6.80. The lowest BCUT2D eigenvalue weighted by molar-refractivity contribution is -0.137. The molecule has 166 valence electrons. The van der Waals surface area contributed by atoms with Crippen molar-refractivity contribution in [3.63, 3.8) is 0 Å². The van der Waals surface area contributed by atoms with Crippen LogP contribution < -0.4 is 4.72 Å². The number of hydrogen-bond acceptors (Lipinski definition) is 4. The van der Waals surface area contributed by atoms with Crippen LogP contribution in [-0.2, 0) is 19.6 Å². The van der Waals surface area contributed by atoms with Crippen LogP contribution in [-0.4, -0.2) is 57.3 Å². The molecule has 2 aliphatic carbocycles. The first-order valence-electron chi connectivity index (χ1n) is 11.3. The summed E-state index contributed by atoms with van der Waals surface area (Å²) < 4.78 is 32.6. The van der Waals surface area contributed by atoms with E-state index >= 15 is 0 Å². The first-order chi connectivity index (χ1) is 14.4. The fourth-order valence-corrected chi connectivity index (χ4v) is 5.75. The van der Waals surface area contributed by atoms with Gasteiger partial charge in [0.2, 0.25) is 15.9 Å². The first-order valence-corrected chi connectivity index (χ1v) is 13.2. The SMILES string of the molecule is CS(=O)(=O)N[C@H]1CCN(C(=O)C2CC2)CC1OCC1CCC(c2ccccc2)CC1. The van der Waals surface area contributed by atoms with Gasteiger partial charge in [-0.25, -0.2) is 13.1 Å². The first kappa shape index (κ1) is 21.8. The molecule has 1 amide bonds. The number of nitrogens with zero attached hydrogens (tertiary/aromatic N) is 1. The predicted octanol–water partition coefficient (Wildman–Crippen LogP) is 2.91. The van der Waals surface area contributed by atoms with Crippen molar-refractivity contribution in [2.45, 2.75) is 63.0 Å². The summed E-state index contributed by atoms with van der Waals surface area (Å²) in [5.41, 5.74) is 1.43. The standard InChI is InChI=1S/C23H34N2O4S/c1-30(27,28)24-21-13-14-25(23(26)20-11-12-20)15-22(21)29-16-17-7-9-19(10-8-17)18-5-3-2-4-6-18/h2-6,17,19-22,24H,7-16H2,1H3/t17?,19?,21-,22?/m0/s1. The molecule has 2 saturated carbocycles. The molecular formula is C23H34N2O4S. The van der Waals surface area contributed by atoms with Crippen molar-refractivity contribution < 1.29 is 17.9 Å². The third-order valence-corrected chi connectivity index (χ3v) is 7.56. The number of rotatable bonds is 7. The molecule has 30 heavy (non-hydrogen) atoms. The van der Waals surface area contributed by atoms with Crippen LogP contribution in [0, 0.1) is 11.8 Å². The van der Waals surface area contributed by atoms with E-state index in [1.807, 2.05) is 4.90 Å². The van der Waals surface area contributed by atoms with Crippen molar-refractivity contribution in [3.8, 4) is 0 Å². The minimum absolute atomic E-state index is 0.179. The molecule has 3 fully saturated rings. The Bertz CT molecular complexity index is 817. The van der Waals surface area contributed by atoms with Crippen LogP contribution in [0.1, 0.15) is 56.4 Å². The van der Waals surface area contributed by atoms with Crippen molar-refractivity contribution in [2.24, 2.45) is 11.8 Å². The summed E-state index contributed by atoms with van der Waals surface area (Å²) >= 11 is 0. The minimum atomic E-state index is -3.31. The third kappa shape index (κ3) is 5.83. The zero-order chi connectivity index (χ0) is 21.1. The van der Waals surface area contributed by atoms with Crippen LogP contribution in [0.2, 0.25) is 0 Å². The van der Waals surface area contributed by atoms with Gasteiger partial charge >= 0.3 is 0 Å². The van der Waals surface area contributed by atoms with E-state index in [1.165, 1.54) is 24.7 Å². The van der Waals surface area contributed by atoms with Gasteiger partial charge in [-0.05, 0) is 62.3 Å². The Hall–Kier alpha value is -1.44. The van der Waals surface area contributed by atoms with Crippen molar-refractivity contribution in [3.05, 3.63) is 35.9 Å². The number of nitrogens with one attached hydrogen (secondary N) is 1. The van der Waals surface area contributed by atoms with Crippen molar-refractivity contribution in [2.75, 3.05) is 26.0 Å². The van der Waals surface area contributed by atoms with Gasteiger partial charge in [-0.1, -0.05) is 30.3 Å². The van der Waals surface area contributed by atoms with Gasteiger partial charge in [0.05, 0.1) is 18.4 Å². The largest absolute Gasteiger partial charge is 0.374 e. The highest BCUT2D eigenvalue weighted by Crippen LogP contribution is 2.36. The second kappa shape index (κ2) is 9.37. The number of sulfonamides is 1. The Morgan fingerprint density at radius 1 is 1.07 bits per heavy atom. The van der Waals surface area contributed by atoms with Crippen LogP contribution in [0.25, 0.3) is 0 Å². The summed E-state index contributed by atoms with van der Waals surface area (Å²) in [5.74, 6) is 1.52. The number of amides is 1. The van der Waals surface area contributed by atoms with Gasteiger partial charge in [-0.3, -0.25) is 4.79 Å². The average molecular weight is 435 g/mol. The lowest BCUT2D eigenvalue weighted by atomic mass is 9.79. The van der Waals surface area contributed by atoms with Crippen LogP contribution in [0.15, 0.2) is 30.3 Å². The van der Waals surface area contributed by atoms with E-state index in [0.29, 0.717) is 38.0 Å². The van der Waals surface area contributed by atoms with E-state index in [9.17, 15) is 13.2 Å². The molecule has 1 heterocycles. The monoisotopic (exact) mass is 434 g/mol. The lowest BCUT2D eigenvalue weighted by Gasteiger charge is -2.39. The molecule has 0 bridgehead atoms. The number of likely N-dealkylation sites (tertiary alicyclic amines) is 1. The van der Waals surface area contributed by atoms with E-state index in [-0.39, 0.29) is 24.0 Å². The summed E-state index contributed by atoms with van der Waals surface area (Å²) in [7, 11) is -3.31. The number of hydrogen-bond donors (Lipinski definition) is 1. The average Bonchev–Trinajstić information content (AvgIpc) is 3.58. The third-order valence-electron chi connectivity index (χ3n) is 6.83. The lowest BCUT2D eigenvalue weighted by Crippen LogP contribution is -2.56. The Balaban J connectivity index is 1.31. The van der Waals surface area contributed by atoms with Gasteiger partial charge in [0.15, 0.2) is 0 Å². The molecule has 1 aromatic carbocycles. The maximum atomic E-state index is 12.5. The second-order valence-corrected chi connectivity index (χ2v) is 11.1. The van der Waals surface area contributed by atoms with Gasteiger partial charge in [0.25, 0.3) is 0 Å². The molecule has 7 heteroatoms. The summed E-state index contributed by atoms with van der Waals surface area (Å²) in [5, 5.41) is 0. The van der Waals surface area contributed by atoms with Crippen molar-refractivity contribution >= 4 is 15.9 Å². The van der Waals surface area contributed by atoms with Gasteiger partial charge in [-0.15, -0.1) is 0 Å². The molecule has 1 unspecified atom stereocenters. The van der Waals surface area contributed by atoms with Crippen LogP contribution >= 0.6 is 0 Å². The predicted molar refractivity (Wildman–Crippen MR) is 117 cm³/mol. The molecule has 2 atom stereocenters. The van der Waals surface area contributed by atoms with E-state index in [2.05, 4.69) is 35.1 Å². The normalized spacial score (nSPS) is 30.2. The summed E-state index contributed by atoms with van der Waals surface area (Å²) in [6.45, 7) is 1.73.